The van der Waals surface area contributed by atoms with E-state index >= 15 is 0 Å². The monoisotopic (exact) mass is 249 g/mol. The predicted octanol–water partition coefficient (Wildman–Crippen LogP) is 3.32. The van der Waals surface area contributed by atoms with Gasteiger partial charge in [0, 0.05) is 30.8 Å². The summed E-state index contributed by atoms with van der Waals surface area (Å²) < 4.78 is 13.0. The van der Waals surface area contributed by atoms with Crippen molar-refractivity contribution in [2.75, 3.05) is 13.1 Å². The fraction of sp³-hybridized carbons (Fsp3) is 0.600. The molecule has 1 aromatic carbocycles. The van der Waals surface area contributed by atoms with Gasteiger partial charge in [-0.15, -0.1) is 0 Å². The lowest BCUT2D eigenvalue weighted by atomic mass is 10.0. The first-order valence-electron chi connectivity index (χ1n) is 6.87. The van der Waals surface area contributed by atoms with Crippen molar-refractivity contribution in [3.05, 3.63) is 29.6 Å². The minimum atomic E-state index is -0.373. The van der Waals surface area contributed by atoms with Gasteiger partial charge >= 0.3 is 0 Å². The molecule has 2 aliphatic rings. The van der Waals surface area contributed by atoms with E-state index in [-0.39, 0.29) is 17.6 Å². The quantitative estimate of drug-likeness (QED) is 0.869. The van der Waals surface area contributed by atoms with Gasteiger partial charge in [0.05, 0.1) is 0 Å². The van der Waals surface area contributed by atoms with E-state index in [1.165, 1.54) is 31.4 Å². The molecule has 98 valence electrons. The minimum absolute atomic E-state index is 0.0829. The van der Waals surface area contributed by atoms with Crippen LogP contribution in [-0.4, -0.2) is 23.1 Å². The number of aromatic hydroxyl groups is 1. The summed E-state index contributed by atoms with van der Waals surface area (Å²) >= 11 is 0. The molecule has 1 aliphatic carbocycles. The molecule has 1 saturated carbocycles. The summed E-state index contributed by atoms with van der Waals surface area (Å²) in [6.07, 6.45) is 4.08. The molecule has 3 atom stereocenters. The van der Waals surface area contributed by atoms with E-state index in [9.17, 15) is 9.50 Å². The van der Waals surface area contributed by atoms with Gasteiger partial charge in [0.1, 0.15) is 11.6 Å². The highest BCUT2D eigenvalue weighted by molar-refractivity contribution is 5.35. The van der Waals surface area contributed by atoms with E-state index in [2.05, 4.69) is 11.8 Å². The smallest absolute Gasteiger partial charge is 0.126 e. The predicted molar refractivity (Wildman–Crippen MR) is 68.9 cm³/mol. The Kier molecular flexibility index (Phi) is 3.02. The normalized spacial score (nSPS) is 29.4. The molecule has 2 fully saturated rings. The third-order valence-corrected chi connectivity index (χ3v) is 4.74. The molecule has 0 radical (unpaired) electrons. The minimum Gasteiger partial charge on any atom is -0.508 e. The van der Waals surface area contributed by atoms with E-state index < -0.39 is 0 Å². The highest BCUT2D eigenvalue weighted by Gasteiger charge is 2.38. The number of rotatable bonds is 2. The number of phenolic OH excluding ortho intramolecular Hbond substituents is 1. The summed E-state index contributed by atoms with van der Waals surface area (Å²) in [6, 6.07) is 4.53. The molecular weight excluding hydrogens is 229 g/mol. The lowest BCUT2D eigenvalue weighted by Crippen LogP contribution is -2.25. The van der Waals surface area contributed by atoms with Gasteiger partial charge in [-0.25, -0.2) is 4.39 Å². The van der Waals surface area contributed by atoms with Crippen molar-refractivity contribution in [3.8, 4) is 5.75 Å². The average Bonchev–Trinajstić information content (AvgIpc) is 2.87. The van der Waals surface area contributed by atoms with Crippen molar-refractivity contribution in [2.45, 2.75) is 32.2 Å². The number of likely N-dealkylation sites (tertiary alicyclic amines) is 1. The Morgan fingerprint density at radius 3 is 2.56 bits per heavy atom. The molecule has 3 rings (SSSR count). The molecule has 3 heteroatoms. The summed E-state index contributed by atoms with van der Waals surface area (Å²) in [5.74, 6) is 1.39. The van der Waals surface area contributed by atoms with E-state index in [1.54, 1.807) is 6.07 Å². The fourth-order valence-corrected chi connectivity index (χ4v) is 3.65. The van der Waals surface area contributed by atoms with Crippen LogP contribution in [0.3, 0.4) is 0 Å². The zero-order valence-electron chi connectivity index (χ0n) is 10.8. The molecule has 0 spiro atoms. The maximum absolute atomic E-state index is 13.0. The second-order valence-corrected chi connectivity index (χ2v) is 5.78. The van der Waals surface area contributed by atoms with Crippen LogP contribution in [0.1, 0.15) is 37.8 Å². The van der Waals surface area contributed by atoms with Gasteiger partial charge in [-0.2, -0.15) is 0 Å². The molecule has 0 bridgehead atoms. The molecule has 1 heterocycles. The largest absolute Gasteiger partial charge is 0.508 e. The highest BCUT2D eigenvalue weighted by atomic mass is 19.1. The van der Waals surface area contributed by atoms with Crippen LogP contribution in [-0.2, 0) is 0 Å². The Hall–Kier alpha value is -1.09. The van der Waals surface area contributed by atoms with Crippen LogP contribution in [0, 0.1) is 17.7 Å². The van der Waals surface area contributed by atoms with Gasteiger partial charge in [-0.05, 0) is 37.7 Å². The van der Waals surface area contributed by atoms with Gasteiger partial charge in [-0.3, -0.25) is 4.90 Å². The standard InChI is InChI=1S/C15H20FNO/c1-10(14-6-5-13(16)7-15(14)18)17-8-11-3-2-4-12(11)9-17/h5-7,10-12,18H,2-4,8-9H2,1H3. The molecule has 18 heavy (non-hydrogen) atoms. The SMILES string of the molecule is CC(c1ccc(F)cc1O)N1CC2CCCC2C1. The van der Waals surface area contributed by atoms with Gasteiger partial charge in [0.2, 0.25) is 0 Å². The van der Waals surface area contributed by atoms with Crippen LogP contribution in [0.4, 0.5) is 4.39 Å². The van der Waals surface area contributed by atoms with E-state index in [0.717, 1.165) is 30.5 Å². The fourth-order valence-electron chi connectivity index (χ4n) is 3.65. The number of hydrogen-bond donors (Lipinski definition) is 1. The lowest BCUT2D eigenvalue weighted by Gasteiger charge is -2.26. The molecular formula is C15H20FNO. The highest BCUT2D eigenvalue weighted by Crippen LogP contribution is 2.41. The van der Waals surface area contributed by atoms with Gasteiger partial charge in [-0.1, -0.05) is 12.5 Å². The molecule has 1 saturated heterocycles. The van der Waals surface area contributed by atoms with Gasteiger partial charge < -0.3 is 5.11 Å². The van der Waals surface area contributed by atoms with E-state index in [1.807, 2.05) is 0 Å². The first-order valence-corrected chi connectivity index (χ1v) is 6.87. The van der Waals surface area contributed by atoms with Crippen LogP contribution in [0.15, 0.2) is 18.2 Å². The van der Waals surface area contributed by atoms with Gasteiger partial charge in [0.25, 0.3) is 0 Å². The number of benzene rings is 1. The van der Waals surface area contributed by atoms with E-state index in [4.69, 9.17) is 0 Å². The Morgan fingerprint density at radius 1 is 1.28 bits per heavy atom. The number of phenols is 1. The summed E-state index contributed by atoms with van der Waals surface area (Å²) in [5.41, 5.74) is 0.844. The van der Waals surface area contributed by atoms with Crippen molar-refractivity contribution in [2.24, 2.45) is 11.8 Å². The van der Waals surface area contributed by atoms with Crippen molar-refractivity contribution in [1.29, 1.82) is 0 Å². The molecule has 1 aliphatic heterocycles. The zero-order valence-corrected chi connectivity index (χ0v) is 10.8. The number of halogens is 1. The maximum Gasteiger partial charge on any atom is 0.126 e. The Bertz CT molecular complexity index is 436. The van der Waals surface area contributed by atoms with Crippen molar-refractivity contribution >= 4 is 0 Å². The molecule has 0 aromatic heterocycles. The van der Waals surface area contributed by atoms with Crippen LogP contribution >= 0.6 is 0 Å². The van der Waals surface area contributed by atoms with Crippen molar-refractivity contribution in [1.82, 2.24) is 4.90 Å². The summed E-state index contributed by atoms with van der Waals surface area (Å²) in [6.45, 7) is 4.36. The molecule has 2 nitrogen and oxygen atoms in total. The van der Waals surface area contributed by atoms with Crippen molar-refractivity contribution < 1.29 is 9.50 Å². The first kappa shape index (κ1) is 12.0. The summed E-state index contributed by atoms with van der Waals surface area (Å²) in [4.78, 5) is 2.43. The van der Waals surface area contributed by atoms with Gasteiger partial charge in [0.15, 0.2) is 0 Å². The van der Waals surface area contributed by atoms with Crippen LogP contribution in [0.2, 0.25) is 0 Å². The van der Waals surface area contributed by atoms with E-state index in [0.29, 0.717) is 0 Å². The van der Waals surface area contributed by atoms with Crippen LogP contribution in [0.5, 0.6) is 5.75 Å². The topological polar surface area (TPSA) is 23.5 Å². The second-order valence-electron chi connectivity index (χ2n) is 5.78. The summed E-state index contributed by atoms with van der Waals surface area (Å²) in [5, 5.41) is 9.86. The zero-order chi connectivity index (χ0) is 12.7. The average molecular weight is 249 g/mol. The number of nitrogens with zero attached hydrogens (tertiary/aromatic N) is 1. The Morgan fingerprint density at radius 2 is 1.94 bits per heavy atom. The molecule has 0 amide bonds. The lowest BCUT2D eigenvalue weighted by molar-refractivity contribution is 0.237. The molecule has 1 aromatic rings. The molecule has 1 N–H and O–H groups in total. The third kappa shape index (κ3) is 2.01. The van der Waals surface area contributed by atoms with Crippen LogP contribution in [0.25, 0.3) is 0 Å². The first-order chi connectivity index (χ1) is 8.65. The summed E-state index contributed by atoms with van der Waals surface area (Å²) in [7, 11) is 0. The molecule has 3 unspecified atom stereocenters. The Balaban J connectivity index is 1.76. The second kappa shape index (κ2) is 4.54. The maximum atomic E-state index is 13.0. The number of fused-ring (bicyclic) bond motifs is 1. The van der Waals surface area contributed by atoms with Crippen molar-refractivity contribution in [3.63, 3.8) is 0 Å². The van der Waals surface area contributed by atoms with Crippen LogP contribution < -0.4 is 0 Å². The Labute approximate surface area is 107 Å². The number of hydrogen-bond acceptors (Lipinski definition) is 2. The third-order valence-electron chi connectivity index (χ3n) is 4.74.